The van der Waals surface area contributed by atoms with Gasteiger partial charge < -0.3 is 5.32 Å². The fourth-order valence-corrected chi connectivity index (χ4v) is 3.00. The zero-order valence-electron chi connectivity index (χ0n) is 13.2. The van der Waals surface area contributed by atoms with Gasteiger partial charge in [0, 0.05) is 24.6 Å². The molecule has 1 aliphatic heterocycles. The molecular weight excluding hydrogens is 250 g/mol. The van der Waals surface area contributed by atoms with Gasteiger partial charge in [0.15, 0.2) is 0 Å². The minimum atomic E-state index is -0.260. The number of carbonyl (C=O) groups excluding carboxylic acids is 1. The second-order valence-electron chi connectivity index (χ2n) is 6.47. The maximum Gasteiger partial charge on any atom is 0.144 e. The van der Waals surface area contributed by atoms with Crippen molar-refractivity contribution in [1.82, 2.24) is 15.1 Å². The average Bonchev–Trinajstić information content (AvgIpc) is 2.80. The summed E-state index contributed by atoms with van der Waals surface area (Å²) in [5.74, 6) is 0.777. The Hall–Kier alpha value is -1.16. The van der Waals surface area contributed by atoms with Crippen molar-refractivity contribution in [3.8, 4) is 0 Å². The molecule has 2 heterocycles. The summed E-state index contributed by atoms with van der Waals surface area (Å²) in [6.07, 6.45) is 3.73. The van der Waals surface area contributed by atoms with Crippen molar-refractivity contribution >= 4 is 5.78 Å². The largest absolute Gasteiger partial charge is 0.316 e. The zero-order valence-corrected chi connectivity index (χ0v) is 13.2. The molecule has 0 bridgehead atoms. The van der Waals surface area contributed by atoms with E-state index < -0.39 is 0 Å². The monoisotopic (exact) mass is 277 g/mol. The Morgan fingerprint density at radius 2 is 2.30 bits per heavy atom. The highest BCUT2D eigenvalue weighted by Crippen LogP contribution is 2.33. The minimum absolute atomic E-state index is 0.260. The molecule has 1 N–H and O–H groups in total. The fourth-order valence-electron chi connectivity index (χ4n) is 3.00. The summed E-state index contributed by atoms with van der Waals surface area (Å²) in [7, 11) is 1.93. The van der Waals surface area contributed by atoms with Gasteiger partial charge in [0.2, 0.25) is 0 Å². The van der Waals surface area contributed by atoms with Gasteiger partial charge in [-0.25, -0.2) is 0 Å². The molecule has 112 valence electrons. The van der Waals surface area contributed by atoms with E-state index in [1.54, 1.807) is 0 Å². The predicted octanol–water partition coefficient (Wildman–Crippen LogP) is 2.12. The van der Waals surface area contributed by atoms with Gasteiger partial charge in [-0.2, -0.15) is 5.10 Å². The number of aromatic nitrogens is 2. The normalized spacial score (nSPS) is 20.1. The van der Waals surface area contributed by atoms with Crippen LogP contribution in [0.25, 0.3) is 0 Å². The van der Waals surface area contributed by atoms with Crippen LogP contribution in [0.4, 0.5) is 0 Å². The molecule has 0 amide bonds. The number of piperidine rings is 1. The maximum absolute atomic E-state index is 12.7. The molecule has 0 radical (unpaired) electrons. The number of aryl methyl sites for hydroxylation is 2. The van der Waals surface area contributed by atoms with Crippen LogP contribution in [-0.2, 0) is 24.7 Å². The molecule has 20 heavy (non-hydrogen) atoms. The number of hydrogen-bond acceptors (Lipinski definition) is 3. The third-order valence-corrected chi connectivity index (χ3v) is 4.77. The Morgan fingerprint density at radius 1 is 1.55 bits per heavy atom. The SMILES string of the molecule is CCc1cc(CC(=O)C(C)(C)C2CCCNC2)n(C)n1. The van der Waals surface area contributed by atoms with Crippen LogP contribution in [0.3, 0.4) is 0 Å². The quantitative estimate of drug-likeness (QED) is 0.897. The van der Waals surface area contributed by atoms with Crippen molar-refractivity contribution in [2.45, 2.75) is 46.5 Å². The number of carbonyl (C=O) groups is 1. The molecule has 0 aromatic carbocycles. The lowest BCUT2D eigenvalue weighted by molar-refractivity contribution is -0.129. The highest BCUT2D eigenvalue weighted by molar-refractivity contribution is 5.86. The molecule has 0 saturated carbocycles. The average molecular weight is 277 g/mol. The van der Waals surface area contributed by atoms with E-state index in [9.17, 15) is 4.79 Å². The topological polar surface area (TPSA) is 46.9 Å². The number of Topliss-reactive ketones (excluding diaryl/α,β-unsaturated/α-hetero) is 1. The second kappa shape index (κ2) is 6.08. The molecule has 0 aliphatic carbocycles. The number of ketones is 1. The van der Waals surface area contributed by atoms with E-state index in [2.05, 4.69) is 37.3 Å². The van der Waals surface area contributed by atoms with Crippen molar-refractivity contribution in [3.63, 3.8) is 0 Å². The minimum Gasteiger partial charge on any atom is -0.316 e. The van der Waals surface area contributed by atoms with Crippen LogP contribution in [0.5, 0.6) is 0 Å². The number of nitrogens with zero attached hydrogens (tertiary/aromatic N) is 2. The lowest BCUT2D eigenvalue weighted by Gasteiger charge is -2.36. The fraction of sp³-hybridized carbons (Fsp3) is 0.750. The first-order valence-electron chi connectivity index (χ1n) is 7.71. The Kier molecular flexibility index (Phi) is 4.63. The van der Waals surface area contributed by atoms with Crippen LogP contribution in [0.2, 0.25) is 0 Å². The number of rotatable bonds is 5. The summed E-state index contributed by atoms with van der Waals surface area (Å²) in [6.45, 7) is 8.34. The van der Waals surface area contributed by atoms with Crippen LogP contribution < -0.4 is 5.32 Å². The Morgan fingerprint density at radius 3 is 2.85 bits per heavy atom. The second-order valence-corrected chi connectivity index (χ2v) is 6.47. The number of hydrogen-bond donors (Lipinski definition) is 1. The molecule has 1 atom stereocenters. The summed E-state index contributed by atoms with van der Waals surface area (Å²) in [5.41, 5.74) is 1.83. The third-order valence-electron chi connectivity index (χ3n) is 4.77. The summed E-state index contributed by atoms with van der Waals surface area (Å²) in [6, 6.07) is 2.06. The molecule has 1 unspecified atom stereocenters. The van der Waals surface area contributed by atoms with E-state index in [0.29, 0.717) is 18.1 Å². The van der Waals surface area contributed by atoms with E-state index >= 15 is 0 Å². The maximum atomic E-state index is 12.7. The zero-order chi connectivity index (χ0) is 14.8. The van der Waals surface area contributed by atoms with Gasteiger partial charge in [0.1, 0.15) is 5.78 Å². The molecule has 0 spiro atoms. The highest BCUT2D eigenvalue weighted by atomic mass is 16.1. The van der Waals surface area contributed by atoms with Gasteiger partial charge in [0.25, 0.3) is 0 Å². The van der Waals surface area contributed by atoms with Gasteiger partial charge in [0.05, 0.1) is 5.69 Å². The summed E-state index contributed by atoms with van der Waals surface area (Å²) in [4.78, 5) is 12.7. The Bertz CT molecular complexity index is 470. The smallest absolute Gasteiger partial charge is 0.144 e. The predicted molar refractivity (Wildman–Crippen MR) is 80.7 cm³/mol. The van der Waals surface area contributed by atoms with Gasteiger partial charge in [-0.3, -0.25) is 9.48 Å². The van der Waals surface area contributed by atoms with Gasteiger partial charge in [-0.15, -0.1) is 0 Å². The van der Waals surface area contributed by atoms with E-state index in [4.69, 9.17) is 0 Å². The van der Waals surface area contributed by atoms with Gasteiger partial charge in [-0.05, 0) is 44.3 Å². The molecule has 1 aliphatic rings. The van der Waals surface area contributed by atoms with Gasteiger partial charge in [-0.1, -0.05) is 20.8 Å². The first-order valence-corrected chi connectivity index (χ1v) is 7.71. The van der Waals surface area contributed by atoms with E-state index in [0.717, 1.165) is 37.3 Å². The van der Waals surface area contributed by atoms with Crippen molar-refractivity contribution < 1.29 is 4.79 Å². The molecular formula is C16H27N3O. The number of nitrogens with one attached hydrogen (secondary N) is 1. The van der Waals surface area contributed by atoms with Crippen molar-refractivity contribution in [1.29, 1.82) is 0 Å². The van der Waals surface area contributed by atoms with Crippen molar-refractivity contribution in [2.24, 2.45) is 18.4 Å². The van der Waals surface area contributed by atoms with Crippen LogP contribution in [0.15, 0.2) is 6.07 Å². The lowest BCUT2D eigenvalue weighted by atomic mass is 9.71. The lowest BCUT2D eigenvalue weighted by Crippen LogP contribution is -2.43. The van der Waals surface area contributed by atoms with Gasteiger partial charge >= 0.3 is 0 Å². The van der Waals surface area contributed by atoms with E-state index in [-0.39, 0.29) is 5.41 Å². The van der Waals surface area contributed by atoms with Crippen molar-refractivity contribution in [3.05, 3.63) is 17.5 Å². The molecule has 2 rings (SSSR count). The summed E-state index contributed by atoms with van der Waals surface area (Å²) in [5, 5.41) is 7.84. The molecule has 1 aromatic heterocycles. The first kappa shape index (κ1) is 15.2. The van der Waals surface area contributed by atoms with E-state index in [1.165, 1.54) is 6.42 Å². The summed E-state index contributed by atoms with van der Waals surface area (Å²) >= 11 is 0. The summed E-state index contributed by atoms with van der Waals surface area (Å²) < 4.78 is 1.85. The Labute approximate surface area is 121 Å². The van der Waals surface area contributed by atoms with Crippen LogP contribution >= 0.6 is 0 Å². The van der Waals surface area contributed by atoms with Crippen LogP contribution in [-0.4, -0.2) is 28.7 Å². The molecule has 1 fully saturated rings. The first-order chi connectivity index (χ1) is 9.45. The Balaban J connectivity index is 2.07. The van der Waals surface area contributed by atoms with Crippen molar-refractivity contribution in [2.75, 3.05) is 13.1 Å². The molecule has 1 aromatic rings. The molecule has 1 saturated heterocycles. The van der Waals surface area contributed by atoms with Crippen LogP contribution in [0.1, 0.15) is 45.0 Å². The molecule has 4 heteroatoms. The molecule has 4 nitrogen and oxygen atoms in total. The standard InChI is InChI=1S/C16H27N3O/c1-5-13-9-14(19(4)18-13)10-15(20)16(2,3)12-7-6-8-17-11-12/h9,12,17H,5-8,10-11H2,1-4H3. The van der Waals surface area contributed by atoms with Crippen LogP contribution in [0, 0.1) is 11.3 Å². The highest BCUT2D eigenvalue weighted by Gasteiger charge is 2.37. The third kappa shape index (κ3) is 3.11. The van der Waals surface area contributed by atoms with E-state index in [1.807, 2.05) is 11.7 Å².